The number of nitrogens with one attached hydrogen (secondary N) is 1. The molecule has 0 saturated carbocycles. The molecule has 2 heterocycles. The lowest BCUT2D eigenvalue weighted by atomic mass is 10.0. The highest BCUT2D eigenvalue weighted by molar-refractivity contribution is 6.31. The molecule has 0 aliphatic carbocycles. The number of halogens is 2. The van der Waals surface area contributed by atoms with E-state index in [0.717, 1.165) is 0 Å². The third-order valence-electron chi connectivity index (χ3n) is 4.20. The van der Waals surface area contributed by atoms with Crippen LogP contribution < -0.4 is 4.74 Å². The minimum absolute atomic E-state index is 0.0648. The van der Waals surface area contributed by atoms with Gasteiger partial charge in [0.1, 0.15) is 17.8 Å². The van der Waals surface area contributed by atoms with Gasteiger partial charge in [0.25, 0.3) is 0 Å². The summed E-state index contributed by atoms with van der Waals surface area (Å²) in [7, 11) is 0. The Hall–Kier alpha value is -2.12. The molecule has 0 unspecified atom stereocenters. The molecule has 0 radical (unpaired) electrons. The predicted molar refractivity (Wildman–Crippen MR) is 101 cm³/mol. The lowest BCUT2D eigenvalue weighted by molar-refractivity contribution is -0.175. The van der Waals surface area contributed by atoms with E-state index in [4.69, 9.17) is 37.4 Å². The van der Waals surface area contributed by atoms with Crippen LogP contribution in [0.3, 0.4) is 0 Å². The molecule has 2 aromatic carbocycles. The first-order chi connectivity index (χ1) is 13.0. The second kappa shape index (κ2) is 7.48. The van der Waals surface area contributed by atoms with Crippen molar-refractivity contribution in [2.24, 2.45) is 0 Å². The second-order valence-electron chi connectivity index (χ2n) is 6.28. The Balaban J connectivity index is 1.62. The molecule has 1 fully saturated rings. The smallest absolute Gasteiger partial charge is 0.204 e. The summed E-state index contributed by atoms with van der Waals surface area (Å²) < 4.78 is 18.0. The third kappa shape index (κ3) is 3.94. The third-order valence-corrected chi connectivity index (χ3v) is 4.76. The lowest BCUT2D eigenvalue weighted by Gasteiger charge is -2.28. The van der Waals surface area contributed by atoms with Gasteiger partial charge < -0.3 is 14.2 Å². The number of benzene rings is 2. The molecule has 0 bridgehead atoms. The maximum Gasteiger partial charge on any atom is 0.204 e. The van der Waals surface area contributed by atoms with Crippen LogP contribution in [0.5, 0.6) is 11.5 Å². The molecular formula is C19H17Cl2N3O3. The number of nitrogens with zero attached hydrogens (tertiary/aromatic N) is 2. The summed E-state index contributed by atoms with van der Waals surface area (Å²) in [5.41, 5.74) is 0.710. The van der Waals surface area contributed by atoms with Crippen LogP contribution in [-0.4, -0.2) is 27.9 Å². The number of hydrogen-bond acceptors (Lipinski definition) is 5. The maximum atomic E-state index is 6.57. The normalized spacial score (nSPS) is 22.1. The monoisotopic (exact) mass is 405 g/mol. The number of H-pyrrole nitrogens is 1. The SMILES string of the molecule is C[C@H]1CO[C@@](Cc2nc[nH]n2)(c2ccc(Oc3ccc(Cl)cc3)cc2Cl)O1. The molecular weight excluding hydrogens is 389 g/mol. The van der Waals surface area contributed by atoms with Crippen LogP contribution in [0.2, 0.25) is 10.0 Å². The average molecular weight is 406 g/mol. The summed E-state index contributed by atoms with van der Waals surface area (Å²) in [5.74, 6) is 0.824. The average Bonchev–Trinajstić information content (AvgIpc) is 3.28. The summed E-state index contributed by atoms with van der Waals surface area (Å²) in [6.07, 6.45) is 1.80. The van der Waals surface area contributed by atoms with Crippen molar-refractivity contribution >= 4 is 23.2 Å². The summed E-state index contributed by atoms with van der Waals surface area (Å²) in [6, 6.07) is 12.5. The Morgan fingerprint density at radius 2 is 1.96 bits per heavy atom. The van der Waals surface area contributed by atoms with E-state index < -0.39 is 5.79 Å². The van der Waals surface area contributed by atoms with Gasteiger partial charge in [-0.05, 0) is 49.4 Å². The molecule has 6 nitrogen and oxygen atoms in total. The molecule has 27 heavy (non-hydrogen) atoms. The zero-order valence-corrected chi connectivity index (χ0v) is 16.0. The van der Waals surface area contributed by atoms with Crippen LogP contribution in [-0.2, 0) is 21.7 Å². The Kier molecular flexibility index (Phi) is 5.06. The maximum absolute atomic E-state index is 6.57. The van der Waals surface area contributed by atoms with Crippen molar-refractivity contribution in [2.75, 3.05) is 6.61 Å². The topological polar surface area (TPSA) is 69.3 Å². The fourth-order valence-electron chi connectivity index (χ4n) is 3.01. The van der Waals surface area contributed by atoms with Crippen LogP contribution in [0, 0.1) is 0 Å². The molecule has 0 amide bonds. The molecule has 8 heteroatoms. The zero-order valence-electron chi connectivity index (χ0n) is 14.5. The first kappa shape index (κ1) is 18.3. The molecule has 2 atom stereocenters. The van der Waals surface area contributed by atoms with Gasteiger partial charge in [0.05, 0.1) is 24.2 Å². The Labute approximate surface area is 166 Å². The van der Waals surface area contributed by atoms with Crippen LogP contribution in [0.4, 0.5) is 0 Å². The van der Waals surface area contributed by atoms with E-state index in [1.54, 1.807) is 30.3 Å². The summed E-state index contributed by atoms with van der Waals surface area (Å²) in [4.78, 5) is 4.18. The fourth-order valence-corrected chi connectivity index (χ4v) is 3.45. The highest BCUT2D eigenvalue weighted by atomic mass is 35.5. The van der Waals surface area contributed by atoms with Crippen LogP contribution in [0.25, 0.3) is 0 Å². The first-order valence-corrected chi connectivity index (χ1v) is 9.19. The van der Waals surface area contributed by atoms with Gasteiger partial charge in [-0.1, -0.05) is 23.2 Å². The highest BCUT2D eigenvalue weighted by Crippen LogP contribution is 2.41. The van der Waals surface area contributed by atoms with Gasteiger partial charge in [0.2, 0.25) is 5.79 Å². The van der Waals surface area contributed by atoms with E-state index >= 15 is 0 Å². The lowest BCUT2D eigenvalue weighted by Crippen LogP contribution is -2.31. The van der Waals surface area contributed by atoms with Gasteiger partial charge >= 0.3 is 0 Å². The van der Waals surface area contributed by atoms with Gasteiger partial charge in [-0.2, -0.15) is 5.10 Å². The van der Waals surface area contributed by atoms with Crippen molar-refractivity contribution in [1.82, 2.24) is 15.2 Å². The van der Waals surface area contributed by atoms with Gasteiger partial charge in [-0.25, -0.2) is 4.98 Å². The Bertz CT molecular complexity index is 918. The van der Waals surface area contributed by atoms with Crippen molar-refractivity contribution in [3.8, 4) is 11.5 Å². The molecule has 0 spiro atoms. The summed E-state index contributed by atoms with van der Waals surface area (Å²) >= 11 is 12.5. The van der Waals surface area contributed by atoms with Crippen molar-refractivity contribution in [2.45, 2.75) is 25.2 Å². The van der Waals surface area contributed by atoms with Gasteiger partial charge in [-0.3, -0.25) is 5.10 Å². The van der Waals surface area contributed by atoms with E-state index in [2.05, 4.69) is 15.2 Å². The van der Waals surface area contributed by atoms with Crippen molar-refractivity contribution in [1.29, 1.82) is 0 Å². The molecule has 4 rings (SSSR count). The van der Waals surface area contributed by atoms with Gasteiger partial charge in [0, 0.05) is 10.6 Å². The van der Waals surface area contributed by atoms with Gasteiger partial charge in [-0.15, -0.1) is 0 Å². The molecule has 1 N–H and O–H groups in total. The van der Waals surface area contributed by atoms with E-state index in [1.807, 2.05) is 19.1 Å². The predicted octanol–water partition coefficient (Wildman–Crippen LogP) is 4.73. The largest absolute Gasteiger partial charge is 0.457 e. The number of rotatable bonds is 5. The molecule has 1 aliphatic heterocycles. The Morgan fingerprint density at radius 1 is 1.19 bits per heavy atom. The summed E-state index contributed by atoms with van der Waals surface area (Å²) in [5, 5.41) is 7.94. The molecule has 1 saturated heterocycles. The van der Waals surface area contributed by atoms with E-state index in [9.17, 15) is 0 Å². The van der Waals surface area contributed by atoms with Gasteiger partial charge in [0.15, 0.2) is 5.82 Å². The first-order valence-electron chi connectivity index (χ1n) is 8.44. The minimum Gasteiger partial charge on any atom is -0.457 e. The number of aromatic nitrogens is 3. The zero-order chi connectivity index (χ0) is 18.9. The summed E-state index contributed by atoms with van der Waals surface area (Å²) in [6.45, 7) is 2.41. The number of hydrogen-bond donors (Lipinski definition) is 1. The van der Waals surface area contributed by atoms with Crippen LogP contribution in [0.15, 0.2) is 48.8 Å². The van der Waals surface area contributed by atoms with E-state index in [1.165, 1.54) is 6.33 Å². The van der Waals surface area contributed by atoms with Crippen molar-refractivity contribution < 1.29 is 14.2 Å². The minimum atomic E-state index is -1.03. The molecule has 1 aromatic heterocycles. The molecule has 1 aliphatic rings. The number of aromatic amines is 1. The quantitative estimate of drug-likeness (QED) is 0.663. The molecule has 3 aromatic rings. The standard InChI is InChI=1S/C19H17Cl2N3O3/c1-12-10-25-19(27-12,9-18-22-11-23-24-18)16-7-6-15(8-17(16)21)26-14-4-2-13(20)3-5-14/h2-8,11-12H,9-10H2,1H3,(H,22,23,24)/t12-,19+/m0/s1. The van der Waals surface area contributed by atoms with Crippen molar-refractivity contribution in [3.63, 3.8) is 0 Å². The second-order valence-corrected chi connectivity index (χ2v) is 7.13. The number of ether oxygens (including phenoxy) is 3. The van der Waals surface area contributed by atoms with E-state index in [0.29, 0.717) is 46.0 Å². The van der Waals surface area contributed by atoms with Crippen LogP contribution in [0.1, 0.15) is 18.3 Å². The van der Waals surface area contributed by atoms with Crippen molar-refractivity contribution in [3.05, 3.63) is 70.2 Å². The Morgan fingerprint density at radius 3 is 2.59 bits per heavy atom. The highest BCUT2D eigenvalue weighted by Gasteiger charge is 2.44. The van der Waals surface area contributed by atoms with Crippen LogP contribution >= 0.6 is 23.2 Å². The van der Waals surface area contributed by atoms with E-state index in [-0.39, 0.29) is 6.10 Å². The fraction of sp³-hybridized carbons (Fsp3) is 0.263. The molecule has 140 valence electrons.